The van der Waals surface area contributed by atoms with Gasteiger partial charge in [0.15, 0.2) is 0 Å². The minimum atomic E-state index is 0.263. The molecule has 0 atom stereocenters. The molecule has 0 aliphatic heterocycles. The first-order valence-corrected chi connectivity index (χ1v) is 4.84. The molecular weight excluding hydrogens is 190 g/mol. The largest absolute Gasteiger partial charge is 0.472 e. The van der Waals surface area contributed by atoms with Gasteiger partial charge in [-0.2, -0.15) is 0 Å². The number of furan rings is 1. The second kappa shape index (κ2) is 3.73. The standard InChI is InChI=1S/C11H13N3O/c1-7(2)11-13-9(5-10(12)14-11)8-3-4-15-6-8/h3-7H,1-2H3,(H2,12,13,14). The average Bonchev–Trinajstić information content (AvgIpc) is 2.69. The summed E-state index contributed by atoms with van der Waals surface area (Å²) < 4.78 is 5.01. The van der Waals surface area contributed by atoms with E-state index in [0.29, 0.717) is 5.82 Å². The maximum Gasteiger partial charge on any atom is 0.133 e. The van der Waals surface area contributed by atoms with Crippen molar-refractivity contribution < 1.29 is 4.42 Å². The van der Waals surface area contributed by atoms with Gasteiger partial charge in [0.2, 0.25) is 0 Å². The lowest BCUT2D eigenvalue weighted by Crippen LogP contribution is -2.02. The summed E-state index contributed by atoms with van der Waals surface area (Å²) in [6.45, 7) is 4.07. The lowest BCUT2D eigenvalue weighted by atomic mass is 10.2. The van der Waals surface area contributed by atoms with Gasteiger partial charge in [-0.15, -0.1) is 0 Å². The molecule has 0 amide bonds. The molecular formula is C11H13N3O. The van der Waals surface area contributed by atoms with Gasteiger partial charge < -0.3 is 10.2 Å². The maximum atomic E-state index is 5.72. The summed E-state index contributed by atoms with van der Waals surface area (Å²) in [5, 5.41) is 0. The summed E-state index contributed by atoms with van der Waals surface area (Å²) in [5.74, 6) is 1.51. The zero-order chi connectivity index (χ0) is 10.8. The second-order valence-corrected chi connectivity index (χ2v) is 3.70. The number of hydrogen-bond donors (Lipinski definition) is 1. The fourth-order valence-corrected chi connectivity index (χ4v) is 1.30. The number of hydrogen-bond acceptors (Lipinski definition) is 4. The molecule has 2 N–H and O–H groups in total. The van der Waals surface area contributed by atoms with Gasteiger partial charge in [-0.25, -0.2) is 9.97 Å². The van der Waals surface area contributed by atoms with Crippen LogP contribution in [0.2, 0.25) is 0 Å². The van der Waals surface area contributed by atoms with Gasteiger partial charge in [0.05, 0.1) is 18.2 Å². The topological polar surface area (TPSA) is 64.9 Å². The number of anilines is 1. The van der Waals surface area contributed by atoms with Crippen LogP contribution in [0.1, 0.15) is 25.6 Å². The normalized spacial score (nSPS) is 10.9. The SMILES string of the molecule is CC(C)c1nc(N)cc(-c2ccoc2)n1. The molecule has 0 saturated carbocycles. The van der Waals surface area contributed by atoms with Gasteiger partial charge in [0.1, 0.15) is 11.6 Å². The van der Waals surface area contributed by atoms with Gasteiger partial charge in [0, 0.05) is 17.5 Å². The number of rotatable bonds is 2. The quantitative estimate of drug-likeness (QED) is 0.814. The minimum absolute atomic E-state index is 0.263. The van der Waals surface area contributed by atoms with Crippen molar-refractivity contribution in [1.29, 1.82) is 0 Å². The summed E-state index contributed by atoms with van der Waals surface area (Å²) in [6, 6.07) is 3.60. The first-order valence-electron chi connectivity index (χ1n) is 4.84. The minimum Gasteiger partial charge on any atom is -0.472 e. The summed E-state index contributed by atoms with van der Waals surface area (Å²) in [6.07, 6.45) is 3.26. The predicted octanol–water partition coefficient (Wildman–Crippen LogP) is 2.44. The zero-order valence-electron chi connectivity index (χ0n) is 8.77. The van der Waals surface area contributed by atoms with Crippen molar-refractivity contribution in [3.05, 3.63) is 30.5 Å². The van der Waals surface area contributed by atoms with Crippen molar-refractivity contribution >= 4 is 5.82 Å². The second-order valence-electron chi connectivity index (χ2n) is 3.70. The van der Waals surface area contributed by atoms with Crippen LogP contribution in [0.15, 0.2) is 29.1 Å². The van der Waals surface area contributed by atoms with E-state index in [2.05, 4.69) is 9.97 Å². The van der Waals surface area contributed by atoms with Crippen LogP contribution in [0.4, 0.5) is 5.82 Å². The van der Waals surface area contributed by atoms with E-state index in [-0.39, 0.29) is 5.92 Å². The summed E-state index contributed by atoms with van der Waals surface area (Å²) >= 11 is 0. The Labute approximate surface area is 88.2 Å². The van der Waals surface area contributed by atoms with Gasteiger partial charge in [-0.05, 0) is 6.07 Å². The predicted molar refractivity (Wildman–Crippen MR) is 58.2 cm³/mol. The first-order chi connectivity index (χ1) is 7.16. The summed E-state index contributed by atoms with van der Waals surface area (Å²) in [5.41, 5.74) is 7.45. The highest BCUT2D eigenvalue weighted by molar-refractivity contribution is 5.60. The molecule has 2 heterocycles. The molecule has 0 aliphatic carbocycles. The third-order valence-electron chi connectivity index (χ3n) is 2.10. The first kappa shape index (κ1) is 9.71. The molecule has 0 unspecified atom stereocenters. The molecule has 0 aromatic carbocycles. The van der Waals surface area contributed by atoms with Crippen LogP contribution in [-0.4, -0.2) is 9.97 Å². The van der Waals surface area contributed by atoms with Crippen molar-refractivity contribution in [2.45, 2.75) is 19.8 Å². The molecule has 0 aliphatic rings. The number of aromatic nitrogens is 2. The van der Waals surface area contributed by atoms with Crippen LogP contribution >= 0.6 is 0 Å². The highest BCUT2D eigenvalue weighted by atomic mass is 16.3. The van der Waals surface area contributed by atoms with Gasteiger partial charge in [0.25, 0.3) is 0 Å². The van der Waals surface area contributed by atoms with E-state index >= 15 is 0 Å². The zero-order valence-corrected chi connectivity index (χ0v) is 8.77. The smallest absolute Gasteiger partial charge is 0.133 e. The van der Waals surface area contributed by atoms with Crippen LogP contribution < -0.4 is 5.73 Å². The monoisotopic (exact) mass is 203 g/mol. The van der Waals surface area contributed by atoms with E-state index in [1.165, 1.54) is 0 Å². The van der Waals surface area contributed by atoms with E-state index < -0.39 is 0 Å². The third kappa shape index (κ3) is 1.98. The van der Waals surface area contributed by atoms with Crippen LogP contribution in [0.3, 0.4) is 0 Å². The van der Waals surface area contributed by atoms with Crippen LogP contribution in [0.5, 0.6) is 0 Å². The fraction of sp³-hybridized carbons (Fsp3) is 0.273. The van der Waals surface area contributed by atoms with Gasteiger partial charge in [-0.3, -0.25) is 0 Å². The molecule has 15 heavy (non-hydrogen) atoms. The molecule has 0 saturated heterocycles. The Kier molecular flexibility index (Phi) is 2.41. The Morgan fingerprint density at radius 3 is 2.73 bits per heavy atom. The Hall–Kier alpha value is -1.84. The van der Waals surface area contributed by atoms with Crippen LogP contribution in [0.25, 0.3) is 11.3 Å². The maximum absolute atomic E-state index is 5.72. The Morgan fingerprint density at radius 2 is 2.13 bits per heavy atom. The molecule has 2 rings (SSSR count). The van der Waals surface area contributed by atoms with Crippen molar-refractivity contribution in [1.82, 2.24) is 9.97 Å². The lowest BCUT2D eigenvalue weighted by molar-refractivity contribution is 0.568. The van der Waals surface area contributed by atoms with Crippen LogP contribution in [0, 0.1) is 0 Å². The Morgan fingerprint density at radius 1 is 1.33 bits per heavy atom. The van der Waals surface area contributed by atoms with E-state index in [4.69, 9.17) is 10.2 Å². The molecule has 2 aromatic rings. The number of nitrogens with two attached hydrogens (primary N) is 1. The molecule has 0 spiro atoms. The van der Waals surface area contributed by atoms with E-state index in [9.17, 15) is 0 Å². The molecule has 2 aromatic heterocycles. The number of nitrogens with zero attached hydrogens (tertiary/aromatic N) is 2. The van der Waals surface area contributed by atoms with Crippen molar-refractivity contribution in [2.75, 3.05) is 5.73 Å². The van der Waals surface area contributed by atoms with Crippen molar-refractivity contribution in [3.63, 3.8) is 0 Å². The van der Waals surface area contributed by atoms with Gasteiger partial charge >= 0.3 is 0 Å². The third-order valence-corrected chi connectivity index (χ3v) is 2.10. The molecule has 0 radical (unpaired) electrons. The lowest BCUT2D eigenvalue weighted by Gasteiger charge is -2.06. The molecule has 0 fully saturated rings. The summed E-state index contributed by atoms with van der Waals surface area (Å²) in [7, 11) is 0. The number of nitrogen functional groups attached to an aromatic ring is 1. The van der Waals surface area contributed by atoms with Crippen molar-refractivity contribution in [2.24, 2.45) is 0 Å². The highest BCUT2D eigenvalue weighted by Gasteiger charge is 2.08. The average molecular weight is 203 g/mol. The molecule has 4 heteroatoms. The highest BCUT2D eigenvalue weighted by Crippen LogP contribution is 2.21. The molecule has 4 nitrogen and oxygen atoms in total. The summed E-state index contributed by atoms with van der Waals surface area (Å²) in [4.78, 5) is 8.60. The molecule has 0 bridgehead atoms. The van der Waals surface area contributed by atoms with Crippen LogP contribution in [-0.2, 0) is 0 Å². The Balaban J connectivity index is 2.49. The van der Waals surface area contributed by atoms with E-state index in [1.54, 1.807) is 18.6 Å². The van der Waals surface area contributed by atoms with E-state index in [0.717, 1.165) is 17.1 Å². The Bertz CT molecular complexity index is 449. The van der Waals surface area contributed by atoms with Crippen molar-refractivity contribution in [3.8, 4) is 11.3 Å². The molecule has 78 valence electrons. The fourth-order valence-electron chi connectivity index (χ4n) is 1.30. The van der Waals surface area contributed by atoms with E-state index in [1.807, 2.05) is 19.9 Å². The van der Waals surface area contributed by atoms with Gasteiger partial charge in [-0.1, -0.05) is 13.8 Å².